The van der Waals surface area contributed by atoms with Crippen LogP contribution < -0.4 is 10.2 Å². The number of hydrogen-bond donors (Lipinski definition) is 1. The van der Waals surface area contributed by atoms with Crippen LogP contribution in [0.15, 0.2) is 42.5 Å². The zero-order chi connectivity index (χ0) is 20.3. The minimum atomic E-state index is -0.368. The number of nitrogens with zero attached hydrogens (tertiary/aromatic N) is 2. The SMILES string of the molecule is C[C@H](NC(=O)C1CCN(c2ccccc2[N+](=O)[O-])CC1)c1ccc(Cl)c(Cl)c1. The number of nitro benzene ring substituents is 1. The molecule has 3 rings (SSSR count). The largest absolute Gasteiger partial charge is 0.366 e. The number of hydrogen-bond acceptors (Lipinski definition) is 4. The summed E-state index contributed by atoms with van der Waals surface area (Å²) in [4.78, 5) is 25.5. The second-order valence-corrected chi connectivity index (χ2v) is 7.73. The summed E-state index contributed by atoms with van der Waals surface area (Å²) in [5.74, 6) is -0.134. The predicted octanol–water partition coefficient (Wildman–Crippen LogP) is 5.00. The van der Waals surface area contributed by atoms with Crippen molar-refractivity contribution in [2.24, 2.45) is 5.92 Å². The Labute approximate surface area is 173 Å². The zero-order valence-electron chi connectivity index (χ0n) is 15.4. The summed E-state index contributed by atoms with van der Waals surface area (Å²) in [5, 5.41) is 15.2. The Bertz CT molecular complexity index is 883. The Morgan fingerprint density at radius 2 is 1.86 bits per heavy atom. The fourth-order valence-electron chi connectivity index (χ4n) is 3.46. The lowest BCUT2D eigenvalue weighted by Crippen LogP contribution is -2.41. The summed E-state index contributed by atoms with van der Waals surface area (Å²) in [5.41, 5.74) is 1.59. The van der Waals surface area contributed by atoms with E-state index in [0.717, 1.165) is 5.56 Å². The molecule has 0 aliphatic carbocycles. The summed E-state index contributed by atoms with van der Waals surface area (Å²) in [6, 6.07) is 11.8. The molecule has 0 aromatic heterocycles. The number of piperidine rings is 1. The summed E-state index contributed by atoms with van der Waals surface area (Å²) >= 11 is 12.0. The van der Waals surface area contributed by atoms with Crippen molar-refractivity contribution in [3.05, 3.63) is 68.2 Å². The number of benzene rings is 2. The predicted molar refractivity (Wildman–Crippen MR) is 111 cm³/mol. The Balaban J connectivity index is 1.59. The number of anilines is 1. The van der Waals surface area contributed by atoms with E-state index in [4.69, 9.17) is 23.2 Å². The van der Waals surface area contributed by atoms with Crippen LogP contribution in [0.1, 0.15) is 31.4 Å². The summed E-state index contributed by atoms with van der Waals surface area (Å²) < 4.78 is 0. The molecule has 148 valence electrons. The van der Waals surface area contributed by atoms with Gasteiger partial charge in [0.2, 0.25) is 5.91 Å². The van der Waals surface area contributed by atoms with Crippen molar-refractivity contribution >= 4 is 40.5 Å². The molecule has 2 aromatic carbocycles. The van der Waals surface area contributed by atoms with E-state index in [0.29, 0.717) is 41.7 Å². The molecular formula is C20H21Cl2N3O3. The van der Waals surface area contributed by atoms with E-state index in [-0.39, 0.29) is 28.5 Å². The van der Waals surface area contributed by atoms with Crippen LogP contribution in [0, 0.1) is 16.0 Å². The smallest absolute Gasteiger partial charge is 0.292 e. The summed E-state index contributed by atoms with van der Waals surface area (Å²) in [7, 11) is 0. The van der Waals surface area contributed by atoms with E-state index in [1.807, 2.05) is 17.9 Å². The fraction of sp³-hybridized carbons (Fsp3) is 0.350. The molecule has 28 heavy (non-hydrogen) atoms. The molecular weight excluding hydrogens is 401 g/mol. The number of halogens is 2. The first-order valence-electron chi connectivity index (χ1n) is 9.10. The molecule has 1 saturated heterocycles. The van der Waals surface area contributed by atoms with Gasteiger partial charge in [0, 0.05) is 25.1 Å². The first kappa shape index (κ1) is 20.4. The van der Waals surface area contributed by atoms with Crippen LogP contribution in [0.2, 0.25) is 10.0 Å². The molecule has 1 N–H and O–H groups in total. The highest BCUT2D eigenvalue weighted by Gasteiger charge is 2.28. The molecule has 8 heteroatoms. The number of nitrogens with one attached hydrogen (secondary N) is 1. The van der Waals surface area contributed by atoms with Crippen molar-refractivity contribution in [2.75, 3.05) is 18.0 Å². The third-order valence-corrected chi connectivity index (χ3v) is 5.83. The third kappa shape index (κ3) is 4.56. The van der Waals surface area contributed by atoms with Crippen LogP contribution >= 0.6 is 23.2 Å². The van der Waals surface area contributed by atoms with Crippen molar-refractivity contribution in [1.29, 1.82) is 0 Å². The van der Waals surface area contributed by atoms with Gasteiger partial charge in [-0.05, 0) is 43.5 Å². The fourth-order valence-corrected chi connectivity index (χ4v) is 3.77. The minimum absolute atomic E-state index is 0.0132. The first-order chi connectivity index (χ1) is 13.4. The van der Waals surface area contributed by atoms with Crippen LogP contribution in [0.25, 0.3) is 0 Å². The Kier molecular flexibility index (Phi) is 6.42. The van der Waals surface area contributed by atoms with E-state index in [1.54, 1.807) is 30.3 Å². The highest BCUT2D eigenvalue weighted by Crippen LogP contribution is 2.31. The molecule has 0 saturated carbocycles. The van der Waals surface area contributed by atoms with E-state index in [1.165, 1.54) is 6.07 Å². The number of amides is 1. The van der Waals surface area contributed by atoms with Crippen molar-refractivity contribution in [1.82, 2.24) is 5.32 Å². The molecule has 1 aliphatic rings. The first-order valence-corrected chi connectivity index (χ1v) is 9.86. The van der Waals surface area contributed by atoms with Gasteiger partial charge in [-0.2, -0.15) is 0 Å². The quantitative estimate of drug-likeness (QED) is 0.544. The maximum atomic E-state index is 12.7. The lowest BCUT2D eigenvalue weighted by molar-refractivity contribution is -0.384. The third-order valence-electron chi connectivity index (χ3n) is 5.09. The number of carbonyl (C=O) groups excluding carboxylic acids is 1. The van der Waals surface area contributed by atoms with Crippen molar-refractivity contribution < 1.29 is 9.72 Å². The standard InChI is InChI=1S/C20H21Cl2N3O3/c1-13(15-6-7-16(21)17(22)12-15)23-20(26)14-8-10-24(11-9-14)18-4-2-3-5-19(18)25(27)28/h2-7,12-14H,8-11H2,1H3,(H,23,26)/t13-/m0/s1. The van der Waals surface area contributed by atoms with Gasteiger partial charge in [-0.3, -0.25) is 14.9 Å². The second kappa shape index (κ2) is 8.80. The molecule has 1 heterocycles. The summed E-state index contributed by atoms with van der Waals surface area (Å²) in [6.07, 6.45) is 1.29. The van der Waals surface area contributed by atoms with Gasteiger partial charge in [0.05, 0.1) is 21.0 Å². The second-order valence-electron chi connectivity index (χ2n) is 6.91. The van der Waals surface area contributed by atoms with Crippen LogP contribution in [-0.4, -0.2) is 23.9 Å². The van der Waals surface area contributed by atoms with Gasteiger partial charge in [-0.15, -0.1) is 0 Å². The lowest BCUT2D eigenvalue weighted by Gasteiger charge is -2.33. The molecule has 0 spiro atoms. The minimum Gasteiger partial charge on any atom is -0.366 e. The van der Waals surface area contributed by atoms with E-state index >= 15 is 0 Å². The molecule has 1 atom stereocenters. The van der Waals surface area contributed by atoms with Gasteiger partial charge in [-0.1, -0.05) is 41.4 Å². The van der Waals surface area contributed by atoms with E-state index in [9.17, 15) is 14.9 Å². The Hall–Kier alpha value is -2.31. The average molecular weight is 422 g/mol. The summed E-state index contributed by atoms with van der Waals surface area (Å²) in [6.45, 7) is 3.11. The van der Waals surface area contributed by atoms with E-state index in [2.05, 4.69) is 5.32 Å². The highest BCUT2D eigenvalue weighted by molar-refractivity contribution is 6.42. The molecule has 0 radical (unpaired) electrons. The van der Waals surface area contributed by atoms with Gasteiger partial charge >= 0.3 is 0 Å². The van der Waals surface area contributed by atoms with Crippen molar-refractivity contribution in [3.8, 4) is 0 Å². The van der Waals surface area contributed by atoms with Gasteiger partial charge in [-0.25, -0.2) is 0 Å². The lowest BCUT2D eigenvalue weighted by atomic mass is 9.94. The molecule has 1 fully saturated rings. The Morgan fingerprint density at radius 3 is 2.50 bits per heavy atom. The Morgan fingerprint density at radius 1 is 1.18 bits per heavy atom. The number of nitro groups is 1. The number of rotatable bonds is 5. The molecule has 1 aliphatic heterocycles. The van der Waals surface area contributed by atoms with Gasteiger partial charge in [0.1, 0.15) is 5.69 Å². The van der Waals surface area contributed by atoms with Crippen LogP contribution in [-0.2, 0) is 4.79 Å². The van der Waals surface area contributed by atoms with Crippen LogP contribution in [0.3, 0.4) is 0 Å². The van der Waals surface area contributed by atoms with E-state index < -0.39 is 0 Å². The maximum absolute atomic E-state index is 12.7. The van der Waals surface area contributed by atoms with Gasteiger partial charge in [0.25, 0.3) is 5.69 Å². The molecule has 0 unspecified atom stereocenters. The number of para-hydroxylation sites is 2. The van der Waals surface area contributed by atoms with Gasteiger partial charge < -0.3 is 10.2 Å². The normalized spacial score (nSPS) is 15.9. The van der Waals surface area contributed by atoms with Crippen molar-refractivity contribution in [2.45, 2.75) is 25.8 Å². The van der Waals surface area contributed by atoms with Crippen LogP contribution in [0.5, 0.6) is 0 Å². The maximum Gasteiger partial charge on any atom is 0.292 e. The molecule has 2 aromatic rings. The molecule has 0 bridgehead atoms. The van der Waals surface area contributed by atoms with Crippen molar-refractivity contribution in [3.63, 3.8) is 0 Å². The van der Waals surface area contributed by atoms with Crippen LogP contribution in [0.4, 0.5) is 11.4 Å². The molecule has 6 nitrogen and oxygen atoms in total. The topological polar surface area (TPSA) is 75.5 Å². The number of carbonyl (C=O) groups is 1. The monoisotopic (exact) mass is 421 g/mol. The van der Waals surface area contributed by atoms with Gasteiger partial charge in [0.15, 0.2) is 0 Å². The zero-order valence-corrected chi connectivity index (χ0v) is 16.9. The average Bonchev–Trinajstić information content (AvgIpc) is 2.70. The highest BCUT2D eigenvalue weighted by atomic mass is 35.5. The molecule has 1 amide bonds.